The van der Waals surface area contributed by atoms with Gasteiger partial charge in [0, 0.05) is 19.5 Å². The fraction of sp³-hybridized carbons (Fsp3) is 0.400. The molecule has 0 saturated heterocycles. The van der Waals surface area contributed by atoms with Crippen molar-refractivity contribution >= 4 is 0 Å². The molecule has 19 heavy (non-hydrogen) atoms. The van der Waals surface area contributed by atoms with Crippen LogP contribution in [0.5, 0.6) is 0 Å². The fourth-order valence-corrected chi connectivity index (χ4v) is 1.03. The smallest absolute Gasteiger partial charge is 0 e. The molecule has 0 atom stereocenters. The molecule has 0 unspecified atom stereocenters. The third kappa shape index (κ3) is 4.02. The van der Waals surface area contributed by atoms with Crippen molar-refractivity contribution in [1.29, 1.82) is 31.6 Å². The quantitative estimate of drug-likeness (QED) is 0.630. The second-order valence-electron chi connectivity index (χ2n) is 3.87. The number of hydrogen-bond donors (Lipinski definition) is 1. The number of nitriles is 6. The van der Waals surface area contributed by atoms with Crippen molar-refractivity contribution in [2.45, 2.75) is 26.4 Å². The van der Waals surface area contributed by atoms with Crippen LogP contribution in [0.15, 0.2) is 0 Å². The maximum Gasteiger partial charge on any atom is 0 e. The number of hydrogen-bond acceptors (Lipinski definition) is 7. The molecule has 0 spiro atoms. The second-order valence-corrected chi connectivity index (χ2v) is 9.17. The van der Waals surface area contributed by atoms with Crippen LogP contribution in [-0.2, 0) is 30.0 Å². The zero-order chi connectivity index (χ0) is 15.2. The molecule has 0 aliphatic rings. The molecular formula is C10H10CoN6OZn. The predicted molar refractivity (Wildman–Crippen MR) is 55.6 cm³/mol. The van der Waals surface area contributed by atoms with Crippen LogP contribution in [0.4, 0.5) is 0 Å². The molecule has 0 aromatic rings. The largest absolute Gasteiger partial charge is 0 e. The van der Waals surface area contributed by atoms with Crippen LogP contribution in [0.3, 0.4) is 0 Å². The van der Waals surface area contributed by atoms with E-state index >= 15 is 0 Å². The van der Waals surface area contributed by atoms with Gasteiger partial charge in [0.2, 0.25) is 0 Å². The molecular weight excluding hydrogens is 344 g/mol. The molecule has 0 aromatic carbocycles. The van der Waals surface area contributed by atoms with Gasteiger partial charge in [0.05, 0.1) is 5.60 Å². The van der Waals surface area contributed by atoms with Gasteiger partial charge < -0.3 is 5.11 Å². The van der Waals surface area contributed by atoms with Gasteiger partial charge in [0.1, 0.15) is 0 Å². The van der Waals surface area contributed by atoms with Crippen molar-refractivity contribution in [3.8, 4) is 30.0 Å². The minimum Gasteiger partial charge on any atom is 0 e. The molecule has 9 heteroatoms. The Morgan fingerprint density at radius 1 is 0.684 bits per heavy atom. The number of nitrogens with zero attached hydrogens (tertiary/aromatic N) is 6. The zero-order valence-corrected chi connectivity index (χ0v) is 14.7. The molecule has 0 heterocycles. The Labute approximate surface area is 123 Å². The van der Waals surface area contributed by atoms with Gasteiger partial charge in [-0.15, -0.1) is 0 Å². The van der Waals surface area contributed by atoms with Crippen molar-refractivity contribution in [1.82, 2.24) is 0 Å². The van der Waals surface area contributed by atoms with E-state index in [0.29, 0.717) is 0 Å². The molecule has 97 valence electrons. The van der Waals surface area contributed by atoms with Crippen molar-refractivity contribution < 1.29 is 35.1 Å². The van der Waals surface area contributed by atoms with E-state index in [-0.39, 0.29) is 19.5 Å². The molecule has 0 fully saturated rings. The van der Waals surface area contributed by atoms with Crippen LogP contribution in [0.2, 0.25) is 0 Å². The summed E-state index contributed by atoms with van der Waals surface area (Å²) in [4.78, 5) is 0. The van der Waals surface area contributed by atoms with E-state index in [0.717, 1.165) is 30.0 Å². The van der Waals surface area contributed by atoms with E-state index < -0.39 is 16.1 Å². The molecule has 7 nitrogen and oxygen atoms in total. The van der Waals surface area contributed by atoms with Gasteiger partial charge >= 0.3 is 72.1 Å². The Morgan fingerprint density at radius 3 is 0.789 bits per heavy atom. The number of aliphatic hydroxyl groups is 1. The maximum atomic E-state index is 8.58. The number of rotatable bonds is 0. The predicted octanol–water partition coefficient (Wildman–Crippen LogP) is 0.873. The molecule has 1 N–H and O–H groups in total. The molecule has 0 aliphatic heterocycles. The summed E-state index contributed by atoms with van der Waals surface area (Å²) in [6.45, 7) is 5.23. The standard InChI is InChI=1S/C4H10O.6CN.Co.Zn/c1-4(2,3)5;6*1-2;;/h5H,1-3H3;;;;;;;;. The van der Waals surface area contributed by atoms with Gasteiger partial charge in [-0.2, -0.15) is 0 Å². The van der Waals surface area contributed by atoms with Crippen LogP contribution >= 0.6 is 0 Å². The van der Waals surface area contributed by atoms with Crippen LogP contribution in [0.1, 0.15) is 20.8 Å². The van der Waals surface area contributed by atoms with E-state index in [2.05, 4.69) is 0 Å². The molecule has 0 aliphatic carbocycles. The van der Waals surface area contributed by atoms with Gasteiger partial charge in [-0.1, -0.05) is 0 Å². The zero-order valence-electron chi connectivity index (χ0n) is 10.7. The van der Waals surface area contributed by atoms with E-state index in [1.54, 1.807) is 20.8 Å². The van der Waals surface area contributed by atoms with Crippen LogP contribution in [0.25, 0.3) is 0 Å². The Kier molecular flexibility index (Phi) is 6.76. The SMILES string of the molecule is CC(C)(C)O.N#[C][Co]([C]#N)([C]#N)([C]#N)([C]#N)[C]#N.[Zn]. The van der Waals surface area contributed by atoms with E-state index in [1.165, 1.54) is 0 Å². The summed E-state index contributed by atoms with van der Waals surface area (Å²) < 4.78 is 0. The monoisotopic (exact) mass is 353 g/mol. The summed E-state index contributed by atoms with van der Waals surface area (Å²) in [6.07, 6.45) is 0. The summed E-state index contributed by atoms with van der Waals surface area (Å²) in [5.74, 6) is 0. The first-order valence-corrected chi connectivity index (χ1v) is 7.19. The molecule has 0 aromatic heterocycles. The average Bonchev–Trinajstić information content (AvgIpc) is 2.34. The van der Waals surface area contributed by atoms with Gasteiger partial charge in [0.15, 0.2) is 0 Å². The Morgan fingerprint density at radius 2 is 0.789 bits per heavy atom. The topological polar surface area (TPSA) is 163 Å². The minimum atomic E-state index is -6.03. The summed E-state index contributed by atoms with van der Waals surface area (Å²) in [5.41, 5.74) is -0.500. The first-order chi connectivity index (χ1) is 7.97. The summed E-state index contributed by atoms with van der Waals surface area (Å²) in [6, 6.07) is 0. The van der Waals surface area contributed by atoms with Gasteiger partial charge in [-0.05, 0) is 20.8 Å². The molecule has 0 bridgehead atoms. The van der Waals surface area contributed by atoms with E-state index in [1.807, 2.05) is 0 Å². The van der Waals surface area contributed by atoms with Crippen molar-refractivity contribution in [2.75, 3.05) is 0 Å². The van der Waals surface area contributed by atoms with E-state index in [4.69, 9.17) is 36.7 Å². The Bertz CT molecular complexity index is 473. The fourth-order valence-electron chi connectivity index (χ4n) is 0.250. The van der Waals surface area contributed by atoms with Crippen LogP contribution in [0, 0.1) is 61.6 Å². The average molecular weight is 355 g/mol. The van der Waals surface area contributed by atoms with Crippen LogP contribution in [-0.4, -0.2) is 10.7 Å². The van der Waals surface area contributed by atoms with Crippen molar-refractivity contribution in [3.05, 3.63) is 0 Å². The first kappa shape index (κ1) is 22.2. The first-order valence-electron chi connectivity index (χ1n) is 4.07. The summed E-state index contributed by atoms with van der Waals surface area (Å²) >= 11 is 0. The summed E-state index contributed by atoms with van der Waals surface area (Å²) in [7, 11) is -6.03. The Balaban J connectivity index is -0.000000366. The van der Waals surface area contributed by atoms with Gasteiger partial charge in [-0.3, -0.25) is 0 Å². The molecule has 0 saturated carbocycles. The molecule has 0 amide bonds. The Hall–Kier alpha value is -1.97. The van der Waals surface area contributed by atoms with Gasteiger partial charge in [-0.25, -0.2) is 0 Å². The third-order valence-electron chi connectivity index (χ3n) is 1.12. The molecule has 0 rings (SSSR count). The normalized spacial score (nSPS) is 12.3. The van der Waals surface area contributed by atoms with E-state index in [9.17, 15) is 0 Å². The van der Waals surface area contributed by atoms with Crippen LogP contribution < -0.4 is 0 Å². The summed E-state index contributed by atoms with van der Waals surface area (Å²) in [5, 5.41) is 66.1. The second kappa shape index (κ2) is 5.78. The maximum absolute atomic E-state index is 8.58. The minimum absolute atomic E-state index is 0. The third-order valence-corrected chi connectivity index (χ3v) is 4.61. The van der Waals surface area contributed by atoms with Gasteiger partial charge in [0.25, 0.3) is 0 Å². The van der Waals surface area contributed by atoms with Crippen molar-refractivity contribution in [2.24, 2.45) is 0 Å². The van der Waals surface area contributed by atoms with Crippen molar-refractivity contribution in [3.63, 3.8) is 0 Å². The molecule has 0 radical (unpaired) electrons.